The molecular formula is C15H13Cl4N2O2P. The first kappa shape index (κ1) is 19.6. The average Bonchev–Trinajstić information content (AvgIpc) is 2.45. The molecule has 0 saturated carbocycles. The van der Waals surface area contributed by atoms with Crippen molar-refractivity contribution in [1.29, 1.82) is 0 Å². The summed E-state index contributed by atoms with van der Waals surface area (Å²) in [5.41, 5.74) is 2.53. The Hall–Kier alpha value is -0.770. The number of aromatic nitrogens is 1. The van der Waals surface area contributed by atoms with Gasteiger partial charge < -0.3 is 4.98 Å². The average molecular weight is 426 g/mol. The van der Waals surface area contributed by atoms with Crippen LogP contribution in [0.4, 0.5) is 0 Å². The number of hydrogen-bond acceptors (Lipinski definition) is 3. The molecule has 4 nitrogen and oxygen atoms in total. The van der Waals surface area contributed by atoms with Crippen LogP contribution in [-0.2, 0) is 4.57 Å². The van der Waals surface area contributed by atoms with Gasteiger partial charge in [-0.1, -0.05) is 47.5 Å². The van der Waals surface area contributed by atoms with Gasteiger partial charge in [0.15, 0.2) is 0 Å². The van der Waals surface area contributed by atoms with Gasteiger partial charge in [0.2, 0.25) is 0 Å². The molecule has 0 bridgehead atoms. The molecule has 1 aliphatic rings. The third-order valence-electron chi connectivity index (χ3n) is 3.21. The number of rotatable bonds is 1. The molecule has 1 aromatic heterocycles. The lowest BCUT2D eigenvalue weighted by Crippen LogP contribution is -2.43. The largest absolute Gasteiger partial charge is 0.339 e. The Morgan fingerprint density at radius 3 is 2.38 bits per heavy atom. The van der Waals surface area contributed by atoms with Gasteiger partial charge >= 0.3 is 5.20 Å². The molecule has 2 heterocycles. The van der Waals surface area contributed by atoms with Gasteiger partial charge in [0.1, 0.15) is 5.50 Å². The van der Waals surface area contributed by atoms with E-state index in [4.69, 9.17) is 11.6 Å². The van der Waals surface area contributed by atoms with Crippen molar-refractivity contribution < 1.29 is 4.57 Å². The highest BCUT2D eigenvalue weighted by atomic mass is 36.0. The maximum atomic E-state index is 12.0. The highest BCUT2D eigenvalue weighted by Gasteiger charge is 2.08. The Balaban J connectivity index is 0.000000368. The van der Waals surface area contributed by atoms with Crippen LogP contribution in [0.3, 0.4) is 0 Å². The summed E-state index contributed by atoms with van der Waals surface area (Å²) in [5.74, 6) is 0. The molecular weight excluding hydrogens is 413 g/mol. The number of aryl methyl sites for hydroxylation is 1. The fourth-order valence-electron chi connectivity index (χ4n) is 2.17. The van der Waals surface area contributed by atoms with Crippen molar-refractivity contribution in [2.45, 2.75) is 18.8 Å². The molecule has 0 amide bonds. The normalized spacial score (nSPS) is 16.1. The number of benzene rings is 1. The van der Waals surface area contributed by atoms with Crippen LogP contribution in [-0.4, -0.2) is 10.5 Å². The van der Waals surface area contributed by atoms with Crippen LogP contribution >= 0.6 is 50.5 Å². The Kier molecular flexibility index (Phi) is 6.58. The molecule has 24 heavy (non-hydrogen) atoms. The number of nitrogens with one attached hydrogen (secondary N) is 1. The molecule has 9 heteroatoms. The van der Waals surface area contributed by atoms with Crippen LogP contribution in [0.1, 0.15) is 12.0 Å². The zero-order chi connectivity index (χ0) is 17.9. The lowest BCUT2D eigenvalue weighted by Gasteiger charge is -2.07. The molecule has 0 fully saturated rings. The molecule has 1 atom stereocenters. The van der Waals surface area contributed by atoms with E-state index in [1.54, 1.807) is 0 Å². The van der Waals surface area contributed by atoms with Crippen LogP contribution < -0.4 is 16.1 Å². The van der Waals surface area contributed by atoms with E-state index in [9.17, 15) is 9.36 Å². The quantitative estimate of drug-likeness (QED) is 0.414. The van der Waals surface area contributed by atoms with E-state index < -0.39 is 5.20 Å². The number of halogens is 4. The summed E-state index contributed by atoms with van der Waals surface area (Å²) in [4.78, 5) is 19.3. The van der Waals surface area contributed by atoms with Crippen LogP contribution in [0.15, 0.2) is 40.1 Å². The van der Waals surface area contributed by atoms with Crippen molar-refractivity contribution in [1.82, 2.24) is 4.98 Å². The Morgan fingerprint density at radius 2 is 1.79 bits per heavy atom. The minimum absolute atomic E-state index is 0.111. The number of pyridine rings is 1. The molecule has 1 aromatic carbocycles. The smallest absolute Gasteiger partial charge is 0.321 e. The summed E-state index contributed by atoms with van der Waals surface area (Å²) in [7, 11) is 0. The topological polar surface area (TPSA) is 62.3 Å². The molecule has 1 aliphatic heterocycles. The van der Waals surface area contributed by atoms with Gasteiger partial charge in [0, 0.05) is 6.42 Å². The maximum Gasteiger partial charge on any atom is 0.339 e. The van der Waals surface area contributed by atoms with Gasteiger partial charge in [-0.25, -0.2) is 0 Å². The second kappa shape index (κ2) is 8.07. The molecule has 3 rings (SSSR count). The summed E-state index contributed by atoms with van der Waals surface area (Å²) in [6, 6.07) is 9.88. The predicted octanol–water partition coefficient (Wildman–Crippen LogP) is 4.53. The molecule has 128 valence electrons. The summed E-state index contributed by atoms with van der Waals surface area (Å²) >= 11 is 19.9. The standard InChI is InChI=1S/C15H13ClN2O.Cl3OP/c1-9-2-4-10(5-3-9)12-8-13-11(15(19)18-12)6-7-14(16)17-13;1-5(2,3)4/h2-6,8,14H,7H2,1H3,(H,18,19);. The van der Waals surface area contributed by atoms with E-state index in [2.05, 4.69) is 43.7 Å². The van der Waals surface area contributed by atoms with Gasteiger partial charge in [-0.15, -0.1) is 0 Å². The number of nitrogens with zero attached hydrogens (tertiary/aromatic N) is 1. The minimum Gasteiger partial charge on any atom is -0.321 e. The molecule has 0 spiro atoms. The van der Waals surface area contributed by atoms with Gasteiger partial charge in [-0.05, 0) is 52.3 Å². The zero-order valence-electron chi connectivity index (χ0n) is 12.5. The second-order valence-electron chi connectivity index (χ2n) is 5.08. The first-order valence-corrected chi connectivity index (χ1v) is 11.7. The molecule has 0 aliphatic carbocycles. The lowest BCUT2D eigenvalue weighted by molar-refractivity contribution is 0.600. The molecule has 0 radical (unpaired) electrons. The van der Waals surface area contributed by atoms with Gasteiger partial charge in [0.05, 0.1) is 16.3 Å². The molecule has 0 saturated heterocycles. The predicted molar refractivity (Wildman–Crippen MR) is 102 cm³/mol. The summed E-state index contributed by atoms with van der Waals surface area (Å²) in [6.45, 7) is 2.03. The van der Waals surface area contributed by atoms with Crippen molar-refractivity contribution in [2.24, 2.45) is 4.99 Å². The molecule has 1 N–H and O–H groups in total. The van der Waals surface area contributed by atoms with Crippen molar-refractivity contribution in [3.63, 3.8) is 0 Å². The number of hydrogen-bond donors (Lipinski definition) is 1. The summed E-state index contributed by atoms with van der Waals surface area (Å²) in [6.07, 6.45) is 2.44. The SMILES string of the molecule is Cc1ccc(-c2cc3c(c(=O)[nH]2)=CCC(Cl)N=3)cc1.O=P(Cl)(Cl)Cl. The first-order chi connectivity index (χ1) is 11.1. The van der Waals surface area contributed by atoms with Crippen molar-refractivity contribution in [2.75, 3.05) is 0 Å². The third kappa shape index (κ3) is 5.94. The van der Waals surface area contributed by atoms with Crippen molar-refractivity contribution >= 4 is 56.6 Å². The number of fused-ring (bicyclic) bond motifs is 1. The Labute approximate surface area is 157 Å². The van der Waals surface area contributed by atoms with E-state index in [0.29, 0.717) is 17.0 Å². The monoisotopic (exact) mass is 424 g/mol. The number of H-pyrrole nitrogens is 1. The van der Waals surface area contributed by atoms with Gasteiger partial charge in [-0.2, -0.15) is 0 Å². The van der Waals surface area contributed by atoms with Crippen molar-refractivity contribution in [3.05, 3.63) is 56.8 Å². The van der Waals surface area contributed by atoms with E-state index in [-0.39, 0.29) is 11.1 Å². The van der Waals surface area contributed by atoms with E-state index in [1.165, 1.54) is 5.56 Å². The van der Waals surface area contributed by atoms with Gasteiger partial charge in [-0.3, -0.25) is 14.4 Å². The fraction of sp³-hybridized carbons (Fsp3) is 0.200. The third-order valence-corrected chi connectivity index (χ3v) is 3.48. The second-order valence-corrected chi connectivity index (χ2v) is 12.2. The molecule has 1 unspecified atom stereocenters. The van der Waals surface area contributed by atoms with E-state index in [0.717, 1.165) is 11.3 Å². The van der Waals surface area contributed by atoms with Crippen LogP contribution in [0, 0.1) is 6.92 Å². The van der Waals surface area contributed by atoms with Crippen molar-refractivity contribution in [3.8, 4) is 11.3 Å². The highest BCUT2D eigenvalue weighted by molar-refractivity contribution is 8.24. The minimum atomic E-state index is -3.22. The van der Waals surface area contributed by atoms with Crippen LogP contribution in [0.25, 0.3) is 17.3 Å². The maximum absolute atomic E-state index is 12.0. The summed E-state index contributed by atoms with van der Waals surface area (Å²) < 4.78 is 9.51. The summed E-state index contributed by atoms with van der Waals surface area (Å²) in [5, 5.41) is -1.93. The van der Waals surface area contributed by atoms with Crippen LogP contribution in [0.5, 0.6) is 0 Å². The highest BCUT2D eigenvalue weighted by Crippen LogP contribution is 2.61. The van der Waals surface area contributed by atoms with E-state index >= 15 is 0 Å². The van der Waals surface area contributed by atoms with Crippen LogP contribution in [0.2, 0.25) is 0 Å². The number of alkyl halides is 1. The Bertz CT molecular complexity index is 943. The number of aromatic amines is 1. The molecule has 2 aromatic rings. The Morgan fingerprint density at radius 1 is 1.21 bits per heavy atom. The fourth-order valence-corrected chi connectivity index (χ4v) is 2.36. The van der Waals surface area contributed by atoms with E-state index in [1.807, 2.05) is 43.3 Å². The van der Waals surface area contributed by atoms with Gasteiger partial charge in [0.25, 0.3) is 5.56 Å². The first-order valence-electron chi connectivity index (χ1n) is 6.85. The zero-order valence-corrected chi connectivity index (χ0v) is 16.4. The lowest BCUT2D eigenvalue weighted by atomic mass is 10.1.